The maximum atomic E-state index is 12.0. The molecule has 0 atom stereocenters. The number of nitrogens with one attached hydrogen (secondary N) is 1. The Morgan fingerprint density at radius 1 is 0.641 bits per heavy atom. The van der Waals surface area contributed by atoms with E-state index >= 15 is 0 Å². The monoisotopic (exact) mass is 558 g/mol. The summed E-state index contributed by atoms with van der Waals surface area (Å²) < 4.78 is 68.1. The Morgan fingerprint density at radius 2 is 1.28 bits per heavy atom. The molecule has 5 aromatic carbocycles. The maximum Gasteiger partial charge on any atom is 0.294 e. The Hall–Kier alpha value is -4.42. The third-order valence-corrected chi connectivity index (χ3v) is 8.12. The molecule has 0 bridgehead atoms. The first-order chi connectivity index (χ1) is 18.6. The van der Waals surface area contributed by atoms with Crippen molar-refractivity contribution < 1.29 is 30.5 Å². The van der Waals surface area contributed by atoms with Gasteiger partial charge in [0.1, 0.15) is 11.0 Å². The highest BCUT2D eigenvalue weighted by Crippen LogP contribution is 2.35. The summed E-state index contributed by atoms with van der Waals surface area (Å²) in [4.78, 5) is 4.37. The van der Waals surface area contributed by atoms with Crippen molar-refractivity contribution in [3.63, 3.8) is 0 Å². The molecule has 0 amide bonds. The molecular formula is C28H20N3O6S2+. The van der Waals surface area contributed by atoms with Crippen molar-refractivity contribution in [1.29, 1.82) is 0 Å². The van der Waals surface area contributed by atoms with Crippen molar-refractivity contribution in [1.82, 2.24) is 4.98 Å². The summed E-state index contributed by atoms with van der Waals surface area (Å²) in [6.45, 7) is 0. The predicted molar refractivity (Wildman–Crippen MR) is 148 cm³/mol. The van der Waals surface area contributed by atoms with Gasteiger partial charge in [0.2, 0.25) is 16.7 Å². The largest absolute Gasteiger partial charge is 0.355 e. The van der Waals surface area contributed by atoms with Crippen LogP contribution in [0.15, 0.2) is 113 Å². The van der Waals surface area contributed by atoms with Crippen molar-refractivity contribution in [3.8, 4) is 5.69 Å². The first kappa shape index (κ1) is 24.9. The molecule has 6 aromatic rings. The Kier molecular flexibility index (Phi) is 5.81. The molecule has 0 radical (unpaired) electrons. The number of benzene rings is 5. The molecular weight excluding hydrogens is 538 g/mol. The summed E-state index contributed by atoms with van der Waals surface area (Å²) >= 11 is 0. The van der Waals surface area contributed by atoms with Crippen LogP contribution in [0.1, 0.15) is 0 Å². The van der Waals surface area contributed by atoms with Crippen LogP contribution in [0.4, 0.5) is 11.4 Å². The van der Waals surface area contributed by atoms with Gasteiger partial charge < -0.3 is 5.32 Å². The molecule has 194 valence electrons. The fraction of sp³-hybridized carbons (Fsp3) is 0. The van der Waals surface area contributed by atoms with Gasteiger partial charge in [-0.3, -0.25) is 9.11 Å². The molecule has 0 aliphatic heterocycles. The van der Waals surface area contributed by atoms with Crippen LogP contribution in [0.3, 0.4) is 0 Å². The molecule has 11 heteroatoms. The van der Waals surface area contributed by atoms with Crippen LogP contribution >= 0.6 is 0 Å². The predicted octanol–water partition coefficient (Wildman–Crippen LogP) is 5.05. The Balaban J connectivity index is 1.70. The second-order valence-electron chi connectivity index (χ2n) is 8.87. The number of aromatic nitrogens is 2. The number of fused-ring (bicyclic) bond motifs is 4. The topological polar surface area (TPSA) is 138 Å². The molecule has 1 aromatic heterocycles. The lowest BCUT2D eigenvalue weighted by molar-refractivity contribution is -0.538. The van der Waals surface area contributed by atoms with Gasteiger partial charge in [0, 0.05) is 40.7 Å². The summed E-state index contributed by atoms with van der Waals surface area (Å²) in [7, 11) is -8.86. The van der Waals surface area contributed by atoms with Crippen LogP contribution in [-0.2, 0) is 20.2 Å². The summed E-state index contributed by atoms with van der Waals surface area (Å²) in [6.07, 6.45) is 0. The van der Waals surface area contributed by atoms with E-state index in [-0.39, 0.29) is 9.79 Å². The van der Waals surface area contributed by atoms with Gasteiger partial charge in [-0.1, -0.05) is 36.4 Å². The van der Waals surface area contributed by atoms with E-state index in [2.05, 4.69) is 9.88 Å². The molecule has 6 rings (SSSR count). The highest BCUT2D eigenvalue weighted by Gasteiger charge is 2.23. The van der Waals surface area contributed by atoms with Crippen LogP contribution in [0.25, 0.3) is 38.5 Å². The molecule has 3 N–H and O–H groups in total. The second kappa shape index (κ2) is 9.10. The summed E-state index contributed by atoms with van der Waals surface area (Å²) in [6, 6.07) is 29.0. The quantitative estimate of drug-likeness (QED) is 0.116. The van der Waals surface area contributed by atoms with Crippen molar-refractivity contribution in [2.24, 2.45) is 0 Å². The lowest BCUT2D eigenvalue weighted by Gasteiger charge is -2.14. The van der Waals surface area contributed by atoms with Gasteiger partial charge in [0.25, 0.3) is 20.2 Å². The van der Waals surface area contributed by atoms with E-state index in [0.717, 1.165) is 22.2 Å². The lowest BCUT2D eigenvalue weighted by Crippen LogP contribution is -2.33. The van der Waals surface area contributed by atoms with Crippen molar-refractivity contribution in [2.75, 3.05) is 5.32 Å². The summed E-state index contributed by atoms with van der Waals surface area (Å²) in [5.74, 6) is 0. The number of anilines is 2. The van der Waals surface area contributed by atoms with E-state index in [9.17, 15) is 25.9 Å². The fourth-order valence-corrected chi connectivity index (χ4v) is 5.63. The molecule has 0 saturated heterocycles. The zero-order chi connectivity index (χ0) is 27.4. The summed E-state index contributed by atoms with van der Waals surface area (Å²) in [5.41, 5.74) is 4.79. The van der Waals surface area contributed by atoms with Crippen molar-refractivity contribution >= 4 is 64.5 Å². The number of rotatable bonds is 5. The van der Waals surface area contributed by atoms with Crippen molar-refractivity contribution in [3.05, 3.63) is 103 Å². The van der Waals surface area contributed by atoms with Gasteiger partial charge in [-0.15, -0.1) is 4.57 Å². The van der Waals surface area contributed by atoms with Crippen LogP contribution in [0.2, 0.25) is 0 Å². The third kappa shape index (κ3) is 4.57. The lowest BCUT2D eigenvalue weighted by atomic mass is 10.0. The minimum atomic E-state index is -4.49. The molecule has 9 nitrogen and oxygen atoms in total. The van der Waals surface area contributed by atoms with Gasteiger partial charge in [-0.05, 0) is 42.5 Å². The first-order valence-electron chi connectivity index (χ1n) is 11.7. The van der Waals surface area contributed by atoms with Gasteiger partial charge >= 0.3 is 0 Å². The fourth-order valence-electron chi connectivity index (χ4n) is 4.64. The third-order valence-electron chi connectivity index (χ3n) is 6.40. The standard InChI is InChI=1S/C28H19N3O6S2/c32-38(33,34)20-12-10-18(11-13-20)29-25-17-27-28(22-15-14-21(16-23(22)25)39(35,36)37)30-24-8-4-5-9-26(24)31(27)19-6-2-1-3-7-19/h1-17H,(H2,32,33,34,35,36,37)/p+1. The average molecular weight is 559 g/mol. The molecule has 0 saturated carbocycles. The molecule has 0 unspecified atom stereocenters. The van der Waals surface area contributed by atoms with E-state index < -0.39 is 20.2 Å². The van der Waals surface area contributed by atoms with Gasteiger partial charge in [-0.25, -0.2) is 4.98 Å². The number of hydrogen-bond donors (Lipinski definition) is 3. The van der Waals surface area contributed by atoms with E-state index in [4.69, 9.17) is 4.98 Å². The van der Waals surface area contributed by atoms with E-state index in [1.165, 1.54) is 36.4 Å². The Morgan fingerprint density at radius 3 is 1.97 bits per heavy atom. The van der Waals surface area contributed by atoms with Gasteiger partial charge in [0.05, 0.1) is 15.5 Å². The SMILES string of the molecule is O=S(=O)(O)c1ccc(Nc2cc3c(nc4ccccc4[n+]3-c3ccccc3)c3ccc(S(=O)(=O)O)cc23)cc1. The smallest absolute Gasteiger partial charge is 0.294 e. The summed E-state index contributed by atoms with van der Waals surface area (Å²) in [5, 5.41) is 4.33. The highest BCUT2D eigenvalue weighted by molar-refractivity contribution is 7.86. The number of hydrogen-bond acceptors (Lipinski definition) is 6. The Bertz CT molecular complexity index is 2130. The highest BCUT2D eigenvalue weighted by atomic mass is 32.2. The van der Waals surface area contributed by atoms with Crippen LogP contribution in [-0.4, -0.2) is 30.9 Å². The molecule has 0 spiro atoms. The maximum absolute atomic E-state index is 12.0. The number of para-hydroxylation sites is 3. The van der Waals surface area contributed by atoms with Crippen LogP contribution in [0.5, 0.6) is 0 Å². The zero-order valence-corrected chi connectivity index (χ0v) is 21.7. The van der Waals surface area contributed by atoms with E-state index in [0.29, 0.717) is 27.7 Å². The minimum Gasteiger partial charge on any atom is -0.355 e. The van der Waals surface area contributed by atoms with Crippen LogP contribution in [0, 0.1) is 0 Å². The van der Waals surface area contributed by atoms with Crippen molar-refractivity contribution in [2.45, 2.75) is 9.79 Å². The Labute approximate surface area is 223 Å². The van der Waals surface area contributed by atoms with E-state index in [1.807, 2.05) is 60.7 Å². The molecule has 0 aliphatic carbocycles. The first-order valence-corrected chi connectivity index (χ1v) is 14.6. The normalized spacial score (nSPS) is 12.3. The molecule has 0 fully saturated rings. The second-order valence-corrected chi connectivity index (χ2v) is 11.7. The van der Waals surface area contributed by atoms with Gasteiger partial charge in [-0.2, -0.15) is 16.8 Å². The molecule has 0 aliphatic rings. The van der Waals surface area contributed by atoms with Crippen LogP contribution < -0.4 is 9.88 Å². The average Bonchev–Trinajstić information content (AvgIpc) is 2.91. The van der Waals surface area contributed by atoms with Gasteiger partial charge in [0.15, 0.2) is 0 Å². The van der Waals surface area contributed by atoms with E-state index in [1.54, 1.807) is 6.07 Å². The molecule has 1 heterocycles. The zero-order valence-electron chi connectivity index (χ0n) is 20.1. The number of nitrogens with zero attached hydrogens (tertiary/aromatic N) is 2. The minimum absolute atomic E-state index is 0.261. The molecule has 39 heavy (non-hydrogen) atoms.